The topological polar surface area (TPSA) is 117 Å². The maximum Gasteiger partial charge on any atom is 0.323 e. The summed E-state index contributed by atoms with van der Waals surface area (Å²) in [7, 11) is 1.29. The maximum absolute atomic E-state index is 12.5. The Balaban J connectivity index is 3.05. The van der Waals surface area contributed by atoms with Gasteiger partial charge in [-0.25, -0.2) is 0 Å². The van der Waals surface area contributed by atoms with Gasteiger partial charge in [-0.2, -0.15) is 0 Å². The lowest BCUT2D eigenvalue weighted by Gasteiger charge is -2.20. The molecule has 0 saturated carbocycles. The third kappa shape index (κ3) is 12.1. The minimum absolute atomic E-state index is 0.0904. The Hall–Kier alpha value is -2.94. The number of esters is 4. The average molecular weight is 536 g/mol. The van der Waals surface area contributed by atoms with E-state index in [2.05, 4.69) is 5.32 Å². The Bertz CT molecular complexity index is 937. The summed E-state index contributed by atoms with van der Waals surface area (Å²) in [6.07, 6.45) is 2.33. The van der Waals surface area contributed by atoms with Gasteiger partial charge in [0.05, 0.1) is 12.5 Å². The largest absolute Gasteiger partial charge is 0.468 e. The molecule has 1 rings (SSSR count). The Morgan fingerprint density at radius 2 is 1.45 bits per heavy atom. The molecule has 0 aliphatic heterocycles. The number of hydrogen-bond donors (Lipinski definition) is 1. The molecule has 0 radical (unpaired) electrons. The first kappa shape index (κ1) is 33.1. The number of carbonyl (C=O) groups is 4. The van der Waals surface area contributed by atoms with Crippen LogP contribution >= 0.6 is 0 Å². The number of hydrogen-bond acceptors (Lipinski definition) is 9. The predicted molar refractivity (Wildman–Crippen MR) is 144 cm³/mol. The fourth-order valence-corrected chi connectivity index (χ4v) is 3.24. The number of rotatable bonds is 15. The minimum atomic E-state index is -0.740. The molecular formula is C29H45NO8. The summed E-state index contributed by atoms with van der Waals surface area (Å²) in [5.74, 6) is -1.10. The Kier molecular flexibility index (Phi) is 14.0. The zero-order valence-electron chi connectivity index (χ0n) is 24.2. The second-order valence-electron chi connectivity index (χ2n) is 10.8. The van der Waals surface area contributed by atoms with E-state index in [0.29, 0.717) is 5.56 Å². The van der Waals surface area contributed by atoms with E-state index in [1.165, 1.54) is 7.11 Å². The van der Waals surface area contributed by atoms with E-state index in [1.54, 1.807) is 39.0 Å². The molecule has 1 aromatic carbocycles. The number of methoxy groups -OCH3 is 1. The molecule has 0 saturated heterocycles. The first-order chi connectivity index (χ1) is 17.8. The normalized spacial score (nSPS) is 13.7. The highest BCUT2D eigenvalue weighted by Gasteiger charge is 2.24. The van der Waals surface area contributed by atoms with Crippen molar-refractivity contribution in [3.63, 3.8) is 0 Å². The molecule has 0 fully saturated rings. The molecule has 0 heterocycles. The molecule has 0 aromatic heterocycles. The standard InChI is InChI=1S/C29H45NO8/c1-9-19(3)15-25(31)37-23-12-11-21(18-24(23)38-26(32)16-20(4)10-2)17-22(27(33)35-8)30-13-14-36-28(34)29(5,6)7/h11-12,18-20,22,30H,9-10,13-17H2,1-8H3/t19?,20?,22-/m0/s1. The summed E-state index contributed by atoms with van der Waals surface area (Å²) < 4.78 is 21.3. The molecule has 1 aromatic rings. The van der Waals surface area contributed by atoms with Crippen LogP contribution in [-0.4, -0.2) is 50.2 Å². The first-order valence-electron chi connectivity index (χ1n) is 13.3. The molecule has 1 N–H and O–H groups in total. The monoisotopic (exact) mass is 535 g/mol. The second-order valence-corrected chi connectivity index (χ2v) is 10.8. The van der Waals surface area contributed by atoms with Crippen molar-refractivity contribution >= 4 is 23.9 Å². The summed E-state index contributed by atoms with van der Waals surface area (Å²) >= 11 is 0. The van der Waals surface area contributed by atoms with E-state index in [-0.39, 0.29) is 61.7 Å². The van der Waals surface area contributed by atoms with Crippen LogP contribution in [0.5, 0.6) is 11.5 Å². The van der Waals surface area contributed by atoms with Gasteiger partial charge in [-0.15, -0.1) is 0 Å². The van der Waals surface area contributed by atoms with Gasteiger partial charge in [0.1, 0.15) is 12.6 Å². The van der Waals surface area contributed by atoms with Crippen LogP contribution in [-0.2, 0) is 35.1 Å². The van der Waals surface area contributed by atoms with Crippen molar-refractivity contribution in [2.75, 3.05) is 20.3 Å². The first-order valence-corrected chi connectivity index (χ1v) is 13.3. The number of benzene rings is 1. The van der Waals surface area contributed by atoms with Crippen LogP contribution in [0.25, 0.3) is 0 Å². The maximum atomic E-state index is 12.5. The zero-order valence-corrected chi connectivity index (χ0v) is 24.2. The summed E-state index contributed by atoms with van der Waals surface area (Å²) in [4.78, 5) is 49.3. The van der Waals surface area contributed by atoms with Crippen molar-refractivity contribution < 1.29 is 38.1 Å². The molecule has 0 aliphatic rings. The van der Waals surface area contributed by atoms with Crippen LogP contribution in [0.3, 0.4) is 0 Å². The van der Waals surface area contributed by atoms with E-state index in [9.17, 15) is 19.2 Å². The molecule has 9 heteroatoms. The number of ether oxygens (including phenoxy) is 4. The number of carbonyl (C=O) groups excluding carboxylic acids is 4. The SMILES string of the molecule is CCC(C)CC(=O)Oc1ccc(C[C@H](NCCOC(=O)C(C)(C)C)C(=O)OC)cc1OC(=O)CC(C)CC. The van der Waals surface area contributed by atoms with E-state index in [1.807, 2.05) is 27.7 Å². The van der Waals surface area contributed by atoms with Crippen LogP contribution in [0.2, 0.25) is 0 Å². The lowest BCUT2D eigenvalue weighted by Crippen LogP contribution is -2.41. The van der Waals surface area contributed by atoms with Crippen molar-refractivity contribution in [3.8, 4) is 11.5 Å². The highest BCUT2D eigenvalue weighted by Crippen LogP contribution is 2.31. The van der Waals surface area contributed by atoms with Crippen LogP contribution < -0.4 is 14.8 Å². The lowest BCUT2D eigenvalue weighted by molar-refractivity contribution is -0.152. The molecule has 214 valence electrons. The van der Waals surface area contributed by atoms with Gasteiger partial charge in [0.25, 0.3) is 0 Å². The van der Waals surface area contributed by atoms with E-state index >= 15 is 0 Å². The predicted octanol–water partition coefficient (Wildman–Crippen LogP) is 4.63. The average Bonchev–Trinajstić information content (AvgIpc) is 2.85. The van der Waals surface area contributed by atoms with Crippen LogP contribution in [0, 0.1) is 17.3 Å². The molecule has 0 aliphatic carbocycles. The van der Waals surface area contributed by atoms with Crippen molar-refractivity contribution in [1.82, 2.24) is 5.32 Å². The van der Waals surface area contributed by atoms with E-state index in [0.717, 1.165) is 12.8 Å². The molecule has 0 amide bonds. The van der Waals surface area contributed by atoms with Gasteiger partial charge < -0.3 is 24.3 Å². The van der Waals surface area contributed by atoms with Gasteiger partial charge in [0.2, 0.25) is 0 Å². The fraction of sp³-hybridized carbons (Fsp3) is 0.655. The Morgan fingerprint density at radius 3 is 1.95 bits per heavy atom. The van der Waals surface area contributed by atoms with Gasteiger partial charge >= 0.3 is 23.9 Å². The van der Waals surface area contributed by atoms with Crippen molar-refractivity contribution in [2.24, 2.45) is 17.3 Å². The molecule has 0 bridgehead atoms. The van der Waals surface area contributed by atoms with Crippen LogP contribution in [0.15, 0.2) is 18.2 Å². The quantitative estimate of drug-likeness (QED) is 0.195. The summed E-state index contributed by atoms with van der Waals surface area (Å²) in [6, 6.07) is 4.12. The highest BCUT2D eigenvalue weighted by atomic mass is 16.6. The Labute approximate surface area is 226 Å². The van der Waals surface area contributed by atoms with Crippen molar-refractivity contribution in [1.29, 1.82) is 0 Å². The van der Waals surface area contributed by atoms with Crippen LogP contribution in [0.1, 0.15) is 79.7 Å². The third-order valence-corrected chi connectivity index (χ3v) is 6.14. The van der Waals surface area contributed by atoms with Gasteiger partial charge in [-0.05, 0) is 56.7 Å². The summed E-state index contributed by atoms with van der Waals surface area (Å²) in [5, 5.41) is 3.05. The van der Waals surface area contributed by atoms with E-state index < -0.39 is 29.4 Å². The molecule has 2 unspecified atom stereocenters. The van der Waals surface area contributed by atoms with Crippen molar-refractivity contribution in [3.05, 3.63) is 23.8 Å². The van der Waals surface area contributed by atoms with E-state index in [4.69, 9.17) is 18.9 Å². The molecular weight excluding hydrogens is 490 g/mol. The lowest BCUT2D eigenvalue weighted by atomic mass is 9.97. The van der Waals surface area contributed by atoms with Gasteiger partial charge in [0.15, 0.2) is 11.5 Å². The smallest absolute Gasteiger partial charge is 0.323 e. The second kappa shape index (κ2) is 16.1. The fourth-order valence-electron chi connectivity index (χ4n) is 3.24. The third-order valence-electron chi connectivity index (χ3n) is 6.14. The van der Waals surface area contributed by atoms with Gasteiger partial charge in [-0.1, -0.05) is 46.6 Å². The Morgan fingerprint density at radius 1 is 0.895 bits per heavy atom. The zero-order chi connectivity index (χ0) is 28.9. The highest BCUT2D eigenvalue weighted by molar-refractivity contribution is 5.78. The summed E-state index contributed by atoms with van der Waals surface area (Å²) in [6.45, 7) is 13.5. The van der Waals surface area contributed by atoms with Gasteiger partial charge in [0, 0.05) is 19.4 Å². The summed E-state index contributed by atoms with van der Waals surface area (Å²) in [5.41, 5.74) is 0.0391. The van der Waals surface area contributed by atoms with Gasteiger partial charge in [-0.3, -0.25) is 19.2 Å². The van der Waals surface area contributed by atoms with Crippen LogP contribution in [0.4, 0.5) is 0 Å². The van der Waals surface area contributed by atoms with Crippen molar-refractivity contribution in [2.45, 2.75) is 86.6 Å². The molecule has 0 spiro atoms. The number of nitrogens with one attached hydrogen (secondary N) is 1. The molecule has 3 atom stereocenters. The minimum Gasteiger partial charge on any atom is -0.468 e. The molecule has 9 nitrogen and oxygen atoms in total. The molecule has 38 heavy (non-hydrogen) atoms.